The molecular formula is C18H18FN5OS. The van der Waals surface area contributed by atoms with Gasteiger partial charge in [-0.1, -0.05) is 30.0 Å². The molecule has 0 aliphatic rings. The zero-order valence-corrected chi connectivity index (χ0v) is 15.1. The second-order valence-electron chi connectivity index (χ2n) is 5.75. The SMILES string of the molecule is Cc1ccccc1NC(=O)C(C)Sc1nnc(-c2ccc(F)cc2)n1N. The predicted octanol–water partition coefficient (Wildman–Crippen LogP) is 3.23. The van der Waals surface area contributed by atoms with E-state index >= 15 is 0 Å². The number of para-hydroxylation sites is 1. The fourth-order valence-corrected chi connectivity index (χ4v) is 3.08. The summed E-state index contributed by atoms with van der Waals surface area (Å²) in [5.74, 6) is 5.95. The molecule has 0 radical (unpaired) electrons. The van der Waals surface area contributed by atoms with Crippen molar-refractivity contribution in [3.8, 4) is 11.4 Å². The minimum Gasteiger partial charge on any atom is -0.335 e. The maximum absolute atomic E-state index is 13.1. The number of benzene rings is 2. The van der Waals surface area contributed by atoms with Crippen LogP contribution in [0.4, 0.5) is 10.1 Å². The van der Waals surface area contributed by atoms with Gasteiger partial charge in [0.2, 0.25) is 11.1 Å². The van der Waals surface area contributed by atoms with Crippen LogP contribution in [0.2, 0.25) is 0 Å². The molecule has 1 amide bonds. The smallest absolute Gasteiger partial charge is 0.237 e. The molecule has 134 valence electrons. The molecule has 3 aromatic rings. The average molecular weight is 371 g/mol. The van der Waals surface area contributed by atoms with Crippen LogP contribution >= 0.6 is 11.8 Å². The molecular weight excluding hydrogens is 353 g/mol. The summed E-state index contributed by atoms with van der Waals surface area (Å²) in [6.07, 6.45) is 0. The van der Waals surface area contributed by atoms with E-state index in [0.717, 1.165) is 11.3 Å². The first-order chi connectivity index (χ1) is 12.5. The minimum absolute atomic E-state index is 0.157. The van der Waals surface area contributed by atoms with Gasteiger partial charge in [0.05, 0.1) is 5.25 Å². The largest absolute Gasteiger partial charge is 0.335 e. The van der Waals surface area contributed by atoms with Crippen LogP contribution in [0.1, 0.15) is 12.5 Å². The van der Waals surface area contributed by atoms with Crippen LogP contribution in [-0.2, 0) is 4.79 Å². The van der Waals surface area contributed by atoms with Gasteiger partial charge in [-0.3, -0.25) is 4.79 Å². The Morgan fingerprint density at radius 2 is 1.88 bits per heavy atom. The molecule has 6 nitrogen and oxygen atoms in total. The van der Waals surface area contributed by atoms with E-state index < -0.39 is 5.25 Å². The molecule has 1 unspecified atom stereocenters. The van der Waals surface area contributed by atoms with Gasteiger partial charge >= 0.3 is 0 Å². The molecule has 3 N–H and O–H groups in total. The lowest BCUT2D eigenvalue weighted by Crippen LogP contribution is -2.24. The summed E-state index contributed by atoms with van der Waals surface area (Å²) in [7, 11) is 0. The second-order valence-corrected chi connectivity index (χ2v) is 7.06. The Morgan fingerprint density at radius 1 is 1.19 bits per heavy atom. The average Bonchev–Trinajstić information content (AvgIpc) is 2.98. The molecule has 0 fully saturated rings. The number of nitrogens with two attached hydrogens (primary N) is 1. The summed E-state index contributed by atoms with van der Waals surface area (Å²) in [6.45, 7) is 3.70. The topological polar surface area (TPSA) is 85.8 Å². The molecule has 3 rings (SSSR count). The fraction of sp³-hybridized carbons (Fsp3) is 0.167. The van der Waals surface area contributed by atoms with Gasteiger partial charge in [-0.25, -0.2) is 9.07 Å². The number of hydrogen-bond donors (Lipinski definition) is 2. The van der Waals surface area contributed by atoms with Crippen LogP contribution in [-0.4, -0.2) is 26.0 Å². The molecule has 0 bridgehead atoms. The summed E-state index contributed by atoms with van der Waals surface area (Å²) < 4.78 is 14.4. The second kappa shape index (κ2) is 7.57. The van der Waals surface area contributed by atoms with Crippen LogP contribution in [0.3, 0.4) is 0 Å². The number of thioether (sulfide) groups is 1. The molecule has 1 atom stereocenters. The van der Waals surface area contributed by atoms with Gasteiger partial charge in [0.25, 0.3) is 0 Å². The Morgan fingerprint density at radius 3 is 2.58 bits per heavy atom. The van der Waals surface area contributed by atoms with Crippen molar-refractivity contribution in [2.24, 2.45) is 0 Å². The summed E-state index contributed by atoms with van der Waals surface area (Å²) in [5, 5.41) is 10.9. The van der Waals surface area contributed by atoms with E-state index in [1.54, 1.807) is 19.1 Å². The number of nitrogen functional groups attached to an aromatic ring is 1. The van der Waals surface area contributed by atoms with E-state index in [1.807, 2.05) is 31.2 Å². The van der Waals surface area contributed by atoms with Crippen LogP contribution in [0.5, 0.6) is 0 Å². The molecule has 0 aliphatic heterocycles. The Kier molecular flexibility index (Phi) is 5.22. The summed E-state index contributed by atoms with van der Waals surface area (Å²) >= 11 is 1.20. The number of rotatable bonds is 5. The highest BCUT2D eigenvalue weighted by Gasteiger charge is 2.20. The van der Waals surface area contributed by atoms with E-state index in [1.165, 1.54) is 28.6 Å². The molecule has 0 spiro atoms. The van der Waals surface area contributed by atoms with Crippen molar-refractivity contribution in [2.75, 3.05) is 11.2 Å². The highest BCUT2D eigenvalue weighted by molar-refractivity contribution is 8.00. The van der Waals surface area contributed by atoms with Crippen molar-refractivity contribution >= 4 is 23.4 Å². The molecule has 0 saturated heterocycles. The third-order valence-electron chi connectivity index (χ3n) is 3.82. The van der Waals surface area contributed by atoms with Crippen molar-refractivity contribution < 1.29 is 9.18 Å². The first kappa shape index (κ1) is 17.9. The van der Waals surface area contributed by atoms with Gasteiger partial charge in [-0.15, -0.1) is 10.2 Å². The summed E-state index contributed by atoms with van der Waals surface area (Å²) in [5.41, 5.74) is 2.40. The Bertz CT molecular complexity index is 926. The number of aromatic nitrogens is 3. The zero-order chi connectivity index (χ0) is 18.7. The minimum atomic E-state index is -0.429. The Hall–Kier alpha value is -2.87. The number of nitrogens with one attached hydrogen (secondary N) is 1. The standard InChI is InChI=1S/C18H18FN5OS/c1-11-5-3-4-6-15(11)21-17(25)12(2)26-18-23-22-16(24(18)20)13-7-9-14(19)10-8-13/h3-10,12H,20H2,1-2H3,(H,21,25). The van der Waals surface area contributed by atoms with E-state index in [0.29, 0.717) is 16.5 Å². The van der Waals surface area contributed by atoms with Crippen molar-refractivity contribution in [1.29, 1.82) is 0 Å². The molecule has 1 heterocycles. The van der Waals surface area contributed by atoms with Crippen molar-refractivity contribution in [3.63, 3.8) is 0 Å². The molecule has 0 saturated carbocycles. The lowest BCUT2D eigenvalue weighted by Gasteiger charge is -2.13. The van der Waals surface area contributed by atoms with Gasteiger partial charge in [-0.2, -0.15) is 0 Å². The van der Waals surface area contributed by atoms with Gasteiger partial charge < -0.3 is 11.2 Å². The zero-order valence-electron chi connectivity index (χ0n) is 14.3. The number of carbonyl (C=O) groups excluding carboxylic acids is 1. The summed E-state index contributed by atoms with van der Waals surface area (Å²) in [4.78, 5) is 12.4. The first-order valence-electron chi connectivity index (χ1n) is 7.95. The Balaban J connectivity index is 1.71. The van der Waals surface area contributed by atoms with E-state index in [4.69, 9.17) is 5.84 Å². The van der Waals surface area contributed by atoms with E-state index in [2.05, 4.69) is 15.5 Å². The molecule has 8 heteroatoms. The summed E-state index contributed by atoms with van der Waals surface area (Å²) in [6, 6.07) is 13.4. The van der Waals surface area contributed by atoms with Gasteiger partial charge in [0.1, 0.15) is 5.82 Å². The van der Waals surface area contributed by atoms with E-state index in [9.17, 15) is 9.18 Å². The third kappa shape index (κ3) is 3.85. The van der Waals surface area contributed by atoms with Crippen molar-refractivity contribution in [1.82, 2.24) is 14.9 Å². The van der Waals surface area contributed by atoms with Crippen LogP contribution < -0.4 is 11.2 Å². The highest BCUT2D eigenvalue weighted by atomic mass is 32.2. The Labute approximate surface area is 154 Å². The van der Waals surface area contributed by atoms with Crippen LogP contribution in [0, 0.1) is 12.7 Å². The number of carbonyl (C=O) groups is 1. The van der Waals surface area contributed by atoms with Gasteiger partial charge in [0, 0.05) is 11.3 Å². The predicted molar refractivity (Wildman–Crippen MR) is 101 cm³/mol. The number of amides is 1. The third-order valence-corrected chi connectivity index (χ3v) is 4.88. The van der Waals surface area contributed by atoms with Gasteiger partial charge in [-0.05, 0) is 49.7 Å². The van der Waals surface area contributed by atoms with Crippen LogP contribution in [0.15, 0.2) is 53.7 Å². The number of hydrogen-bond acceptors (Lipinski definition) is 5. The number of halogens is 1. The van der Waals surface area contributed by atoms with Crippen LogP contribution in [0.25, 0.3) is 11.4 Å². The first-order valence-corrected chi connectivity index (χ1v) is 8.83. The maximum Gasteiger partial charge on any atom is 0.237 e. The van der Waals surface area contributed by atoms with Crippen molar-refractivity contribution in [2.45, 2.75) is 24.3 Å². The number of anilines is 1. The number of aryl methyl sites for hydroxylation is 1. The molecule has 26 heavy (non-hydrogen) atoms. The normalized spacial score (nSPS) is 12.0. The molecule has 2 aromatic carbocycles. The quantitative estimate of drug-likeness (QED) is 0.531. The molecule has 0 aliphatic carbocycles. The van der Waals surface area contributed by atoms with E-state index in [-0.39, 0.29) is 11.7 Å². The number of nitrogens with zero attached hydrogens (tertiary/aromatic N) is 3. The monoisotopic (exact) mass is 371 g/mol. The highest BCUT2D eigenvalue weighted by Crippen LogP contribution is 2.26. The fourth-order valence-electron chi connectivity index (χ4n) is 2.31. The lowest BCUT2D eigenvalue weighted by molar-refractivity contribution is -0.115. The maximum atomic E-state index is 13.1. The van der Waals surface area contributed by atoms with Gasteiger partial charge in [0.15, 0.2) is 5.82 Å². The molecule has 1 aromatic heterocycles. The lowest BCUT2D eigenvalue weighted by atomic mass is 10.2. The van der Waals surface area contributed by atoms with Crippen molar-refractivity contribution in [3.05, 3.63) is 59.9 Å².